The molecular formula is C26H31NO3. The molecule has 1 heterocycles. The van der Waals surface area contributed by atoms with Crippen LogP contribution in [-0.4, -0.2) is 22.7 Å². The molecule has 0 atom stereocenters. The normalized spacial score (nSPS) is 16.3. The smallest absolute Gasteiger partial charge is 0.303 e. The Bertz CT molecular complexity index is 914. The number of ether oxygens (including phenoxy) is 1. The summed E-state index contributed by atoms with van der Waals surface area (Å²) in [5, 5.41) is 8.76. The third kappa shape index (κ3) is 5.29. The summed E-state index contributed by atoms with van der Waals surface area (Å²) < 4.78 is 6.14. The zero-order valence-electron chi connectivity index (χ0n) is 17.7. The molecule has 30 heavy (non-hydrogen) atoms. The highest BCUT2D eigenvalue weighted by molar-refractivity contribution is 5.70. The molecule has 0 spiro atoms. The first-order valence-electron chi connectivity index (χ1n) is 11.3. The van der Waals surface area contributed by atoms with Gasteiger partial charge in [-0.15, -0.1) is 0 Å². The van der Waals surface area contributed by atoms with E-state index in [1.54, 1.807) is 0 Å². The number of hydrogen-bond donors (Lipinski definition) is 1. The lowest BCUT2D eigenvalue weighted by atomic mass is 9.86. The highest BCUT2D eigenvalue weighted by atomic mass is 16.5. The minimum Gasteiger partial charge on any atom is -0.489 e. The van der Waals surface area contributed by atoms with Crippen LogP contribution in [0.1, 0.15) is 73.8 Å². The van der Waals surface area contributed by atoms with E-state index in [-0.39, 0.29) is 6.42 Å². The van der Waals surface area contributed by atoms with E-state index in [9.17, 15) is 4.79 Å². The van der Waals surface area contributed by atoms with Crippen molar-refractivity contribution in [2.75, 3.05) is 6.61 Å². The standard InChI is InChI=1S/C26H31NO3/c28-26(29)11-5-6-19-12-14-23(15-13-19)30-18-21-8-1-3-9-24(21)22-16-20-7-2-4-10-25(20)27-17-22/h12-17H,1-11,18H2,(H,28,29). The molecule has 2 aliphatic carbocycles. The molecule has 4 rings (SSSR count). The first-order valence-corrected chi connectivity index (χ1v) is 11.3. The van der Waals surface area contributed by atoms with Gasteiger partial charge < -0.3 is 9.84 Å². The fraction of sp³-hybridized carbons (Fsp3) is 0.462. The van der Waals surface area contributed by atoms with Gasteiger partial charge in [-0.1, -0.05) is 12.1 Å². The maximum Gasteiger partial charge on any atom is 0.303 e. The van der Waals surface area contributed by atoms with Crippen LogP contribution in [0.2, 0.25) is 0 Å². The number of carboxylic acids is 1. The second-order valence-electron chi connectivity index (χ2n) is 8.51. The number of hydrogen-bond acceptors (Lipinski definition) is 3. The number of carboxylic acid groups (broad SMARTS) is 1. The van der Waals surface area contributed by atoms with Crippen LogP contribution in [0.15, 0.2) is 42.1 Å². The fourth-order valence-electron chi connectivity index (χ4n) is 4.60. The van der Waals surface area contributed by atoms with E-state index in [2.05, 4.69) is 12.3 Å². The summed E-state index contributed by atoms with van der Waals surface area (Å²) >= 11 is 0. The molecule has 1 N–H and O–H groups in total. The van der Waals surface area contributed by atoms with Crippen LogP contribution in [0.3, 0.4) is 0 Å². The van der Waals surface area contributed by atoms with E-state index < -0.39 is 5.97 Å². The molecule has 2 aromatic rings. The molecule has 0 fully saturated rings. The highest BCUT2D eigenvalue weighted by Crippen LogP contribution is 2.34. The third-order valence-corrected chi connectivity index (χ3v) is 6.29. The van der Waals surface area contributed by atoms with Gasteiger partial charge in [0.05, 0.1) is 0 Å². The van der Waals surface area contributed by atoms with E-state index in [4.69, 9.17) is 14.8 Å². The lowest BCUT2D eigenvalue weighted by Gasteiger charge is -2.23. The topological polar surface area (TPSA) is 59.4 Å². The number of aryl methyl sites for hydroxylation is 3. The maximum atomic E-state index is 10.7. The van der Waals surface area contributed by atoms with Crippen LogP contribution >= 0.6 is 0 Å². The SMILES string of the molecule is O=C(O)CCCc1ccc(OCC2=C(c3cnc4c(c3)CCCC4)CCCC2)cc1. The van der Waals surface area contributed by atoms with Crippen LogP contribution in [-0.2, 0) is 24.1 Å². The van der Waals surface area contributed by atoms with E-state index in [0.29, 0.717) is 13.0 Å². The van der Waals surface area contributed by atoms with Crippen molar-refractivity contribution in [3.8, 4) is 5.75 Å². The van der Waals surface area contributed by atoms with Crippen LogP contribution < -0.4 is 4.74 Å². The second kappa shape index (κ2) is 9.92. The molecular weight excluding hydrogens is 374 g/mol. The Morgan fingerprint density at radius 2 is 1.77 bits per heavy atom. The van der Waals surface area contributed by atoms with Crippen LogP contribution in [0.4, 0.5) is 0 Å². The zero-order chi connectivity index (χ0) is 20.8. The molecule has 4 heteroatoms. The van der Waals surface area contributed by atoms with Gasteiger partial charge in [0.1, 0.15) is 12.4 Å². The van der Waals surface area contributed by atoms with Gasteiger partial charge in [-0.25, -0.2) is 0 Å². The Hall–Kier alpha value is -2.62. The molecule has 2 aliphatic rings. The lowest BCUT2D eigenvalue weighted by molar-refractivity contribution is -0.137. The van der Waals surface area contributed by atoms with Crippen LogP contribution in [0, 0.1) is 0 Å². The average molecular weight is 406 g/mol. The lowest BCUT2D eigenvalue weighted by Crippen LogP contribution is -2.10. The number of aliphatic carboxylic acids is 1. The van der Waals surface area contributed by atoms with Gasteiger partial charge in [-0.3, -0.25) is 9.78 Å². The zero-order valence-corrected chi connectivity index (χ0v) is 17.7. The monoisotopic (exact) mass is 405 g/mol. The predicted octanol–water partition coefficient (Wildman–Crippen LogP) is 5.77. The van der Waals surface area contributed by atoms with Crippen molar-refractivity contribution in [2.45, 2.75) is 70.6 Å². The molecule has 0 radical (unpaired) electrons. The molecule has 0 unspecified atom stereocenters. The second-order valence-corrected chi connectivity index (χ2v) is 8.51. The number of nitrogens with zero attached hydrogens (tertiary/aromatic N) is 1. The van der Waals surface area contributed by atoms with Crippen molar-refractivity contribution in [2.24, 2.45) is 0 Å². The average Bonchev–Trinajstić information content (AvgIpc) is 2.78. The molecule has 4 nitrogen and oxygen atoms in total. The summed E-state index contributed by atoms with van der Waals surface area (Å²) in [5.74, 6) is 0.138. The molecule has 0 aliphatic heterocycles. The first kappa shape index (κ1) is 20.6. The van der Waals surface area contributed by atoms with E-state index >= 15 is 0 Å². The minimum atomic E-state index is -0.736. The summed E-state index contributed by atoms with van der Waals surface area (Å²) in [6.45, 7) is 0.630. The molecule has 0 bridgehead atoms. The third-order valence-electron chi connectivity index (χ3n) is 6.29. The summed E-state index contributed by atoms with van der Waals surface area (Å²) in [5.41, 5.74) is 8.03. The molecule has 1 aromatic heterocycles. The number of carbonyl (C=O) groups is 1. The summed E-state index contributed by atoms with van der Waals surface area (Å²) in [6.07, 6.45) is 13.2. The van der Waals surface area contributed by atoms with Gasteiger partial charge in [-0.2, -0.15) is 0 Å². The maximum absolute atomic E-state index is 10.7. The Morgan fingerprint density at radius 1 is 1.00 bits per heavy atom. The van der Waals surface area contributed by atoms with Gasteiger partial charge >= 0.3 is 5.97 Å². The van der Waals surface area contributed by atoms with Crippen molar-refractivity contribution < 1.29 is 14.6 Å². The number of allylic oxidation sites excluding steroid dienone is 1. The van der Waals surface area contributed by atoms with E-state index in [1.165, 1.54) is 53.7 Å². The minimum absolute atomic E-state index is 0.215. The summed E-state index contributed by atoms with van der Waals surface area (Å²) in [6, 6.07) is 10.5. The molecule has 158 valence electrons. The predicted molar refractivity (Wildman–Crippen MR) is 119 cm³/mol. The molecule has 0 saturated carbocycles. The Labute approximate surface area is 179 Å². The summed E-state index contributed by atoms with van der Waals surface area (Å²) in [4.78, 5) is 15.4. The van der Waals surface area contributed by atoms with Crippen LogP contribution in [0.5, 0.6) is 5.75 Å². The Kier molecular flexibility index (Phi) is 6.83. The largest absolute Gasteiger partial charge is 0.489 e. The van der Waals surface area contributed by atoms with E-state index in [1.807, 2.05) is 24.3 Å². The Balaban J connectivity index is 1.42. The fourth-order valence-corrected chi connectivity index (χ4v) is 4.60. The van der Waals surface area contributed by atoms with Gasteiger partial charge in [0, 0.05) is 18.3 Å². The van der Waals surface area contributed by atoms with Crippen LogP contribution in [0.25, 0.3) is 5.57 Å². The van der Waals surface area contributed by atoms with Crippen molar-refractivity contribution >= 4 is 11.5 Å². The quantitative estimate of drug-likeness (QED) is 0.605. The highest BCUT2D eigenvalue weighted by Gasteiger charge is 2.18. The van der Waals surface area contributed by atoms with Crippen molar-refractivity contribution in [1.29, 1.82) is 0 Å². The summed E-state index contributed by atoms with van der Waals surface area (Å²) in [7, 11) is 0. The van der Waals surface area contributed by atoms with Crippen molar-refractivity contribution in [3.63, 3.8) is 0 Å². The Morgan fingerprint density at radius 3 is 2.60 bits per heavy atom. The van der Waals surface area contributed by atoms with Crippen molar-refractivity contribution in [1.82, 2.24) is 4.98 Å². The molecule has 0 saturated heterocycles. The number of benzene rings is 1. The van der Waals surface area contributed by atoms with Gasteiger partial charge in [0.2, 0.25) is 0 Å². The number of aromatic nitrogens is 1. The first-order chi connectivity index (χ1) is 14.7. The van der Waals surface area contributed by atoms with Gasteiger partial charge in [0.25, 0.3) is 0 Å². The molecule has 1 aromatic carbocycles. The number of fused-ring (bicyclic) bond motifs is 1. The van der Waals surface area contributed by atoms with Gasteiger partial charge in [0.15, 0.2) is 0 Å². The van der Waals surface area contributed by atoms with Gasteiger partial charge in [-0.05, 0) is 110 Å². The number of rotatable bonds is 8. The van der Waals surface area contributed by atoms with Crippen molar-refractivity contribution in [3.05, 3.63) is 64.5 Å². The molecule has 0 amide bonds. The number of pyridine rings is 1. The van der Waals surface area contributed by atoms with E-state index in [0.717, 1.165) is 43.4 Å².